The summed E-state index contributed by atoms with van der Waals surface area (Å²) in [5, 5.41) is 3.93. The van der Waals surface area contributed by atoms with Crippen molar-refractivity contribution >= 4 is 0 Å². The van der Waals surface area contributed by atoms with Crippen molar-refractivity contribution in [2.24, 2.45) is 5.92 Å². The van der Waals surface area contributed by atoms with E-state index in [1.807, 2.05) is 0 Å². The number of hydrogen-bond acceptors (Lipinski definition) is 3. The smallest absolute Gasteiger partial charge is 0.00988 e. The third-order valence-electron chi connectivity index (χ3n) is 6.25. The van der Waals surface area contributed by atoms with E-state index in [1.165, 1.54) is 77.5 Å². The largest absolute Gasteiger partial charge is 0.314 e. The van der Waals surface area contributed by atoms with E-state index in [4.69, 9.17) is 0 Å². The van der Waals surface area contributed by atoms with Gasteiger partial charge in [0, 0.05) is 18.1 Å². The van der Waals surface area contributed by atoms with E-state index in [0.717, 1.165) is 24.0 Å². The molecule has 0 aromatic heterocycles. The van der Waals surface area contributed by atoms with E-state index >= 15 is 0 Å². The molecule has 2 bridgehead atoms. The van der Waals surface area contributed by atoms with E-state index < -0.39 is 0 Å². The van der Waals surface area contributed by atoms with Gasteiger partial charge >= 0.3 is 0 Å². The topological polar surface area (TPSA) is 18.5 Å². The molecule has 122 valence electrons. The molecule has 0 aromatic rings. The summed E-state index contributed by atoms with van der Waals surface area (Å²) < 4.78 is 0. The van der Waals surface area contributed by atoms with Crippen LogP contribution in [0, 0.1) is 5.92 Å². The molecule has 3 aliphatic rings. The van der Waals surface area contributed by atoms with Crippen molar-refractivity contribution in [3.63, 3.8) is 0 Å². The van der Waals surface area contributed by atoms with Crippen LogP contribution in [0.25, 0.3) is 0 Å². The number of likely N-dealkylation sites (tertiary alicyclic amines) is 1. The number of piperidine rings is 1. The van der Waals surface area contributed by atoms with Crippen LogP contribution in [0.3, 0.4) is 0 Å². The molecule has 3 atom stereocenters. The van der Waals surface area contributed by atoms with E-state index in [0.29, 0.717) is 0 Å². The van der Waals surface area contributed by atoms with Crippen LogP contribution in [0.4, 0.5) is 0 Å². The first-order valence-electron chi connectivity index (χ1n) is 9.44. The Balaban J connectivity index is 1.39. The van der Waals surface area contributed by atoms with Gasteiger partial charge in [-0.1, -0.05) is 6.92 Å². The summed E-state index contributed by atoms with van der Waals surface area (Å²) >= 11 is 0. The first-order chi connectivity index (χ1) is 10.3. The van der Waals surface area contributed by atoms with Gasteiger partial charge in [0.15, 0.2) is 0 Å². The van der Waals surface area contributed by atoms with Crippen LogP contribution in [0.5, 0.6) is 0 Å². The number of rotatable bonds is 5. The number of nitrogens with zero attached hydrogens (tertiary/aromatic N) is 2. The van der Waals surface area contributed by atoms with E-state index in [9.17, 15) is 0 Å². The maximum atomic E-state index is 3.93. The van der Waals surface area contributed by atoms with Gasteiger partial charge in [-0.2, -0.15) is 0 Å². The van der Waals surface area contributed by atoms with Gasteiger partial charge in [-0.15, -0.1) is 0 Å². The molecular weight excluding hydrogens is 258 g/mol. The Morgan fingerprint density at radius 3 is 2.48 bits per heavy atom. The van der Waals surface area contributed by atoms with Crippen molar-refractivity contribution < 1.29 is 0 Å². The molecule has 3 aliphatic heterocycles. The number of nitrogens with one attached hydrogen (secondary N) is 1. The SMILES string of the molecule is CCCN1CCCC(NCC2CC3CCC(C2)N3C)CC1. The minimum atomic E-state index is 0.782. The van der Waals surface area contributed by atoms with Crippen LogP contribution in [0.2, 0.25) is 0 Å². The molecule has 1 N–H and O–H groups in total. The molecule has 3 saturated heterocycles. The van der Waals surface area contributed by atoms with Gasteiger partial charge < -0.3 is 15.1 Å². The van der Waals surface area contributed by atoms with Gasteiger partial charge in [0.2, 0.25) is 0 Å². The normalized spacial score (nSPS) is 38.6. The summed E-state index contributed by atoms with van der Waals surface area (Å²) in [5.41, 5.74) is 0. The fraction of sp³-hybridized carbons (Fsp3) is 1.00. The molecule has 3 heteroatoms. The minimum absolute atomic E-state index is 0.782. The van der Waals surface area contributed by atoms with E-state index in [1.54, 1.807) is 0 Å². The van der Waals surface area contributed by atoms with Crippen molar-refractivity contribution in [2.45, 2.75) is 76.4 Å². The average molecular weight is 293 g/mol. The molecule has 0 aromatic carbocycles. The quantitative estimate of drug-likeness (QED) is 0.841. The zero-order valence-corrected chi connectivity index (χ0v) is 14.2. The molecule has 0 radical (unpaired) electrons. The molecule has 0 aliphatic carbocycles. The highest BCUT2D eigenvalue weighted by Crippen LogP contribution is 2.37. The van der Waals surface area contributed by atoms with Crippen molar-refractivity contribution in [3.05, 3.63) is 0 Å². The third kappa shape index (κ3) is 4.00. The molecule has 3 rings (SSSR count). The molecule has 0 amide bonds. The average Bonchev–Trinajstić information content (AvgIpc) is 2.70. The monoisotopic (exact) mass is 293 g/mol. The summed E-state index contributed by atoms with van der Waals surface area (Å²) in [6, 6.07) is 2.57. The van der Waals surface area contributed by atoms with E-state index in [2.05, 4.69) is 29.1 Å². The van der Waals surface area contributed by atoms with Crippen LogP contribution >= 0.6 is 0 Å². The molecule has 21 heavy (non-hydrogen) atoms. The van der Waals surface area contributed by atoms with Crippen LogP contribution in [0.1, 0.15) is 58.3 Å². The lowest BCUT2D eigenvalue weighted by atomic mass is 9.90. The van der Waals surface area contributed by atoms with Crippen LogP contribution < -0.4 is 5.32 Å². The highest BCUT2D eigenvalue weighted by atomic mass is 15.2. The van der Waals surface area contributed by atoms with Gasteiger partial charge in [0.1, 0.15) is 0 Å². The third-order valence-corrected chi connectivity index (χ3v) is 6.25. The first-order valence-corrected chi connectivity index (χ1v) is 9.44. The Bertz CT molecular complexity index is 306. The maximum Gasteiger partial charge on any atom is 0.00988 e. The zero-order chi connectivity index (χ0) is 14.7. The first kappa shape index (κ1) is 15.8. The van der Waals surface area contributed by atoms with Crippen molar-refractivity contribution in [2.75, 3.05) is 33.2 Å². The Kier molecular flexibility index (Phi) is 5.58. The minimum Gasteiger partial charge on any atom is -0.314 e. The second-order valence-electron chi connectivity index (χ2n) is 7.77. The summed E-state index contributed by atoms with van der Waals surface area (Å²) in [7, 11) is 2.35. The van der Waals surface area contributed by atoms with Crippen LogP contribution in [-0.2, 0) is 0 Å². The van der Waals surface area contributed by atoms with Gasteiger partial charge in [-0.3, -0.25) is 0 Å². The van der Waals surface area contributed by atoms with Gasteiger partial charge in [0.05, 0.1) is 0 Å². The van der Waals surface area contributed by atoms with Crippen molar-refractivity contribution in [1.29, 1.82) is 0 Å². The molecule has 0 spiro atoms. The fourth-order valence-corrected chi connectivity index (χ4v) is 4.92. The predicted molar refractivity (Wildman–Crippen MR) is 89.7 cm³/mol. The van der Waals surface area contributed by atoms with Gasteiger partial charge in [-0.25, -0.2) is 0 Å². The second kappa shape index (κ2) is 7.43. The highest BCUT2D eigenvalue weighted by molar-refractivity contribution is 4.94. The van der Waals surface area contributed by atoms with Crippen LogP contribution in [-0.4, -0.2) is 61.2 Å². The van der Waals surface area contributed by atoms with Crippen LogP contribution in [0.15, 0.2) is 0 Å². The molecule has 3 nitrogen and oxygen atoms in total. The predicted octanol–water partition coefficient (Wildman–Crippen LogP) is 2.71. The standard InChI is InChI=1S/C18H35N3/c1-3-9-21-10-4-5-16(8-11-21)19-14-15-12-17-6-7-18(13-15)20(17)2/h15-19H,3-14H2,1-2H3. The lowest BCUT2D eigenvalue weighted by molar-refractivity contribution is 0.130. The fourth-order valence-electron chi connectivity index (χ4n) is 4.92. The van der Waals surface area contributed by atoms with Gasteiger partial charge in [-0.05, 0) is 90.5 Å². The molecule has 3 heterocycles. The van der Waals surface area contributed by atoms with E-state index in [-0.39, 0.29) is 0 Å². The van der Waals surface area contributed by atoms with Crippen molar-refractivity contribution in [1.82, 2.24) is 15.1 Å². The molecule has 3 fully saturated rings. The molecular formula is C18H35N3. The number of fused-ring (bicyclic) bond motifs is 2. The second-order valence-corrected chi connectivity index (χ2v) is 7.77. The molecule has 0 saturated carbocycles. The number of hydrogen-bond donors (Lipinski definition) is 1. The lowest BCUT2D eigenvalue weighted by Crippen LogP contribution is -2.44. The zero-order valence-electron chi connectivity index (χ0n) is 14.2. The summed E-state index contributed by atoms with van der Waals surface area (Å²) in [4.78, 5) is 5.32. The Hall–Kier alpha value is -0.120. The Morgan fingerprint density at radius 2 is 1.76 bits per heavy atom. The molecule has 3 unspecified atom stereocenters. The Morgan fingerprint density at radius 1 is 1.00 bits per heavy atom. The maximum absolute atomic E-state index is 3.93. The summed E-state index contributed by atoms with van der Waals surface area (Å²) in [6.07, 6.45) is 11.2. The van der Waals surface area contributed by atoms with Crippen molar-refractivity contribution in [3.8, 4) is 0 Å². The van der Waals surface area contributed by atoms with Gasteiger partial charge in [0.25, 0.3) is 0 Å². The Labute approximate surface area is 131 Å². The summed E-state index contributed by atoms with van der Waals surface area (Å²) in [6.45, 7) is 7.51. The highest BCUT2D eigenvalue weighted by Gasteiger charge is 2.38. The lowest BCUT2D eigenvalue weighted by Gasteiger charge is -2.37. The summed E-state index contributed by atoms with van der Waals surface area (Å²) in [5.74, 6) is 0.939.